The Hall–Kier alpha value is -8.54. The molecular formula is C90H92BN3O. The van der Waals surface area contributed by atoms with Gasteiger partial charge in [-0.15, -0.1) is 0 Å². The molecule has 4 heterocycles. The second-order valence-electron chi connectivity index (χ2n) is 34.9. The van der Waals surface area contributed by atoms with Gasteiger partial charge in [0.15, 0.2) is 0 Å². The van der Waals surface area contributed by atoms with E-state index in [0.717, 1.165) is 40.6 Å². The Balaban J connectivity index is 1.04. The first-order valence-corrected chi connectivity index (χ1v) is 35.6. The molecule has 4 bridgehead atoms. The van der Waals surface area contributed by atoms with Crippen molar-refractivity contribution in [3.8, 4) is 56.3 Å². The molecule has 4 saturated carbocycles. The average molecular weight is 1240 g/mol. The summed E-state index contributed by atoms with van der Waals surface area (Å²) in [6.45, 7) is 34.9. The minimum Gasteiger partial charge on any atom is -0.456 e. The molecule has 0 amide bonds. The number of benzene rings is 10. The lowest BCUT2D eigenvalue weighted by Gasteiger charge is -2.62. The lowest BCUT2D eigenvalue weighted by molar-refractivity contribution is 0.000634. The van der Waals surface area contributed by atoms with E-state index in [1.807, 2.05) is 0 Å². The minimum atomic E-state index is -0.214. The van der Waals surface area contributed by atoms with Gasteiger partial charge in [-0.05, 0) is 240 Å². The van der Waals surface area contributed by atoms with E-state index >= 15 is 0 Å². The number of fused-ring (bicyclic) bond motifs is 10. The molecule has 0 atom stereocenters. The van der Waals surface area contributed by atoms with Gasteiger partial charge < -0.3 is 18.8 Å². The van der Waals surface area contributed by atoms with Gasteiger partial charge in [-0.25, -0.2) is 0 Å². The van der Waals surface area contributed by atoms with Gasteiger partial charge in [0.05, 0.1) is 27.8 Å². The highest BCUT2D eigenvalue weighted by molar-refractivity contribution is 6.99. The molecule has 0 radical (unpaired) electrons. The maximum Gasteiger partial charge on any atom is 0.256 e. The molecule has 18 rings (SSSR count). The maximum absolute atomic E-state index is 8.26. The Bertz CT molecular complexity index is 4960. The van der Waals surface area contributed by atoms with Crippen molar-refractivity contribution in [2.24, 2.45) is 17.8 Å². The largest absolute Gasteiger partial charge is 0.456 e. The van der Waals surface area contributed by atoms with Crippen molar-refractivity contribution in [1.29, 1.82) is 0 Å². The molecule has 0 saturated heterocycles. The molecule has 5 heteroatoms. The van der Waals surface area contributed by atoms with Crippen molar-refractivity contribution < 1.29 is 4.74 Å². The van der Waals surface area contributed by atoms with Gasteiger partial charge in [-0.2, -0.15) is 0 Å². The molecule has 10 aromatic carbocycles. The lowest BCUT2D eigenvalue weighted by atomic mass is 9.33. The van der Waals surface area contributed by atoms with E-state index in [1.54, 1.807) is 0 Å². The van der Waals surface area contributed by atoms with Crippen LogP contribution in [0.25, 0.3) is 88.4 Å². The Kier molecular flexibility index (Phi) is 13.1. The van der Waals surface area contributed by atoms with E-state index < -0.39 is 0 Å². The Morgan fingerprint density at radius 2 is 0.779 bits per heavy atom. The summed E-state index contributed by atoms with van der Waals surface area (Å²) in [5.74, 6) is 4.03. The first-order chi connectivity index (χ1) is 45.1. The number of hydrogen-bond donors (Lipinski definition) is 0. The summed E-state index contributed by atoms with van der Waals surface area (Å²) in [5, 5.41) is 5.07. The molecule has 4 aliphatic carbocycles. The van der Waals surface area contributed by atoms with Crippen LogP contribution in [0.2, 0.25) is 0 Å². The molecule has 2 aliphatic heterocycles. The smallest absolute Gasteiger partial charge is 0.256 e. The van der Waals surface area contributed by atoms with Crippen LogP contribution in [0.3, 0.4) is 0 Å². The van der Waals surface area contributed by atoms with Gasteiger partial charge >= 0.3 is 0 Å². The van der Waals surface area contributed by atoms with E-state index in [2.05, 4.69) is 312 Å². The minimum absolute atomic E-state index is 0.0170. The van der Waals surface area contributed by atoms with Gasteiger partial charge in [0, 0.05) is 44.1 Å². The third-order valence-electron chi connectivity index (χ3n) is 23.2. The van der Waals surface area contributed by atoms with E-state index in [0.29, 0.717) is 0 Å². The Labute approximate surface area is 564 Å². The molecule has 2 aromatic heterocycles. The van der Waals surface area contributed by atoms with Gasteiger partial charge in [0.1, 0.15) is 11.5 Å². The molecular weight excluding hydrogens is 1150 g/mol. The monoisotopic (exact) mass is 1240 g/mol. The highest BCUT2D eigenvalue weighted by Crippen LogP contribution is 2.61. The molecule has 4 nitrogen and oxygen atoms in total. The highest BCUT2D eigenvalue weighted by atomic mass is 16.5. The number of anilines is 2. The van der Waals surface area contributed by atoms with Crippen LogP contribution in [-0.2, 0) is 27.1 Å². The molecule has 4 fully saturated rings. The standard InChI is InChI=1S/C90H92BN3O/c1-85(2,3)61-28-26-57(27-29-61)60-41-80-83-82(42-60)95-84-74(91(83)73-49-67(58-22-18-16-19-23-58)68(59-24-20-17-21-25-59)50-79(73)94(80)90-51-54-38-55(52-90)40-56(39-54)53-90)47-66(92-75-34-30-62(86(4,5)6)43-69(75)70-44-63(87(7,8)9)31-35-76(70)92)48-81(84)93-77-36-32-64(88(10,11)12)45-71(77)72-46-65(89(13,14)15)33-37-78(72)93/h16-37,41-50,54-56H,38-40,51-53H2,1-15H3. The number of aromatic nitrogens is 2. The zero-order valence-electron chi connectivity index (χ0n) is 58.8. The maximum atomic E-state index is 8.26. The molecule has 0 N–H and O–H groups in total. The van der Waals surface area contributed by atoms with Crippen molar-refractivity contribution in [2.45, 2.75) is 175 Å². The molecule has 95 heavy (non-hydrogen) atoms. The molecule has 6 aliphatic rings. The van der Waals surface area contributed by atoms with E-state index in [9.17, 15) is 0 Å². The first-order valence-electron chi connectivity index (χ1n) is 35.6. The fourth-order valence-corrected chi connectivity index (χ4v) is 18.5. The van der Waals surface area contributed by atoms with Crippen LogP contribution < -0.4 is 26.0 Å². The summed E-state index contributed by atoms with van der Waals surface area (Å²) in [6, 6.07) is 76.7. The predicted molar refractivity (Wildman–Crippen MR) is 406 cm³/mol. The fraction of sp³-hybridized carbons (Fsp3) is 0.333. The van der Waals surface area contributed by atoms with Gasteiger partial charge in [0.25, 0.3) is 6.71 Å². The second-order valence-corrected chi connectivity index (χ2v) is 34.9. The predicted octanol–water partition coefficient (Wildman–Crippen LogP) is 22.4. The summed E-state index contributed by atoms with van der Waals surface area (Å²) in [4.78, 5) is 2.98. The zero-order chi connectivity index (χ0) is 65.8. The van der Waals surface area contributed by atoms with Crippen molar-refractivity contribution in [3.63, 3.8) is 0 Å². The van der Waals surface area contributed by atoms with Crippen LogP contribution >= 0.6 is 0 Å². The van der Waals surface area contributed by atoms with Crippen LogP contribution in [0.15, 0.2) is 194 Å². The van der Waals surface area contributed by atoms with Gasteiger partial charge in [-0.3, -0.25) is 0 Å². The molecule has 0 spiro atoms. The Morgan fingerprint density at radius 3 is 1.22 bits per heavy atom. The van der Waals surface area contributed by atoms with Crippen LogP contribution in [0.4, 0.5) is 11.4 Å². The third-order valence-corrected chi connectivity index (χ3v) is 23.2. The van der Waals surface area contributed by atoms with Crippen LogP contribution in [0.5, 0.6) is 11.5 Å². The number of rotatable bonds is 6. The lowest BCUT2D eigenvalue weighted by Crippen LogP contribution is -2.66. The second kappa shape index (κ2) is 20.7. The number of nitrogens with zero attached hydrogens (tertiary/aromatic N) is 3. The quantitative estimate of drug-likeness (QED) is 0.155. The molecule has 12 aromatic rings. The summed E-state index contributed by atoms with van der Waals surface area (Å²) in [5.41, 5.74) is 27.1. The number of hydrogen-bond acceptors (Lipinski definition) is 2. The van der Waals surface area contributed by atoms with Crippen LogP contribution in [-0.4, -0.2) is 21.4 Å². The molecule has 476 valence electrons. The van der Waals surface area contributed by atoms with E-state index in [1.165, 1.54) is 171 Å². The summed E-state index contributed by atoms with van der Waals surface area (Å²) in [6.07, 6.45) is 7.71. The topological polar surface area (TPSA) is 22.3 Å². The summed E-state index contributed by atoms with van der Waals surface area (Å²) >= 11 is 0. The molecule has 0 unspecified atom stereocenters. The van der Waals surface area contributed by atoms with Gasteiger partial charge in [-0.1, -0.05) is 219 Å². The number of ether oxygens (including phenoxy) is 1. The first kappa shape index (κ1) is 60.2. The normalized spacial score (nSPS) is 19.3. The summed E-state index contributed by atoms with van der Waals surface area (Å²) in [7, 11) is 0. The van der Waals surface area contributed by atoms with Crippen molar-refractivity contribution in [2.75, 3.05) is 4.90 Å². The van der Waals surface area contributed by atoms with Crippen LogP contribution in [0.1, 0.15) is 170 Å². The highest BCUT2D eigenvalue weighted by Gasteiger charge is 2.57. The SMILES string of the molecule is CC(C)(C)c1ccc(-c2cc3c4c(c2)N(C25CC6CC(CC(C6)C2)C5)c2cc(-c5ccccc5)c(-c5ccccc5)cc2B4c2cc(-n4c5ccc(C(C)(C)C)cc5c5cc(C(C)(C)C)ccc54)cc(-n4c5ccc(C(C)(C)C)cc5c5cc(C(C)(C)C)ccc54)c2O3)cc1. The van der Waals surface area contributed by atoms with Crippen molar-refractivity contribution >= 4 is 78.1 Å². The fourth-order valence-electron chi connectivity index (χ4n) is 18.5. The zero-order valence-corrected chi connectivity index (χ0v) is 58.8. The van der Waals surface area contributed by atoms with Crippen molar-refractivity contribution in [1.82, 2.24) is 9.13 Å². The summed E-state index contributed by atoms with van der Waals surface area (Å²) < 4.78 is 13.5. The Morgan fingerprint density at radius 1 is 0.358 bits per heavy atom. The third kappa shape index (κ3) is 9.64. The van der Waals surface area contributed by atoms with Crippen LogP contribution in [0, 0.1) is 17.8 Å². The van der Waals surface area contributed by atoms with E-state index in [4.69, 9.17) is 4.74 Å². The van der Waals surface area contributed by atoms with Crippen molar-refractivity contribution in [3.05, 3.63) is 222 Å². The van der Waals surface area contributed by atoms with Gasteiger partial charge in [0.2, 0.25) is 0 Å². The van der Waals surface area contributed by atoms with E-state index in [-0.39, 0.29) is 39.3 Å². The average Bonchev–Trinajstić information content (AvgIpc) is 0.933.